The topological polar surface area (TPSA) is 138 Å². The summed E-state index contributed by atoms with van der Waals surface area (Å²) >= 11 is 0. The van der Waals surface area contributed by atoms with E-state index in [2.05, 4.69) is 23.8 Å². The molecule has 2 aliphatic rings. The number of ether oxygens (including phenoxy) is 3. The molecule has 5 rings (SSSR count). The van der Waals surface area contributed by atoms with Gasteiger partial charge in [0, 0.05) is 18.1 Å². The van der Waals surface area contributed by atoms with Crippen LogP contribution in [-0.4, -0.2) is 45.8 Å². The first kappa shape index (κ1) is 38.9. The van der Waals surface area contributed by atoms with E-state index in [1.165, 1.54) is 12.7 Å². The Labute approximate surface area is 278 Å². The summed E-state index contributed by atoms with van der Waals surface area (Å²) in [5, 5.41) is 1.15. The second-order valence-electron chi connectivity index (χ2n) is 12.0. The summed E-state index contributed by atoms with van der Waals surface area (Å²) in [6.45, 7) is 21.0. The van der Waals surface area contributed by atoms with Gasteiger partial charge in [-0.25, -0.2) is 15.2 Å². The van der Waals surface area contributed by atoms with Crippen LogP contribution in [0, 0.1) is 0 Å². The number of hydrogen-bond acceptors (Lipinski definition) is 8. The Bertz CT molecular complexity index is 1640. The molecule has 2 aliphatic heterocycles. The summed E-state index contributed by atoms with van der Waals surface area (Å²) in [7, 11) is 1.41. The van der Waals surface area contributed by atoms with Gasteiger partial charge in [0.05, 0.1) is 34.9 Å². The molecule has 11 heteroatoms. The van der Waals surface area contributed by atoms with E-state index in [4.69, 9.17) is 19.2 Å². The maximum absolute atomic E-state index is 13.2. The smallest absolute Gasteiger partial charge is 0.426 e. The van der Waals surface area contributed by atoms with E-state index < -0.39 is 23.2 Å². The average molecular weight is 653 g/mol. The van der Waals surface area contributed by atoms with Gasteiger partial charge in [-0.05, 0) is 70.7 Å². The van der Waals surface area contributed by atoms with Crippen molar-refractivity contribution in [2.75, 3.05) is 7.11 Å². The zero-order chi connectivity index (χ0) is 35.7. The summed E-state index contributed by atoms with van der Waals surface area (Å²) < 4.78 is 16.9. The van der Waals surface area contributed by atoms with E-state index in [9.17, 15) is 19.2 Å². The van der Waals surface area contributed by atoms with E-state index in [1.807, 2.05) is 58.9 Å². The van der Waals surface area contributed by atoms with Crippen molar-refractivity contribution in [2.45, 2.75) is 119 Å². The average Bonchev–Trinajstić information content (AvgIpc) is 3.42. The van der Waals surface area contributed by atoms with Crippen LogP contribution in [0.2, 0.25) is 0 Å². The lowest BCUT2D eigenvalue weighted by Gasteiger charge is -2.24. The Kier molecular flexibility index (Phi) is 13.7. The van der Waals surface area contributed by atoms with Gasteiger partial charge in [0.2, 0.25) is 0 Å². The van der Waals surface area contributed by atoms with Gasteiger partial charge < -0.3 is 18.8 Å². The number of esters is 1. The number of para-hydroxylation sites is 1. The summed E-state index contributed by atoms with van der Waals surface area (Å²) in [5.74, 6) is -1.07. The number of hydrazine groups is 1. The minimum atomic E-state index is -1.00. The van der Waals surface area contributed by atoms with Crippen molar-refractivity contribution in [3.05, 3.63) is 62.9 Å². The first-order valence-corrected chi connectivity index (χ1v) is 16.4. The number of cyclic esters (lactones) is 1. The van der Waals surface area contributed by atoms with Gasteiger partial charge in [0.1, 0.15) is 17.8 Å². The molecule has 47 heavy (non-hydrogen) atoms. The molecular formula is C36H52N4O7. The van der Waals surface area contributed by atoms with E-state index in [1.54, 1.807) is 39.2 Å². The molecule has 0 aliphatic carbocycles. The summed E-state index contributed by atoms with van der Waals surface area (Å²) in [6, 6.07) is 10.1. The third-order valence-electron chi connectivity index (χ3n) is 7.62. The second kappa shape index (κ2) is 16.5. The number of rotatable bonds is 4. The maximum Gasteiger partial charge on any atom is 0.426 e. The quantitative estimate of drug-likeness (QED) is 0.187. The van der Waals surface area contributed by atoms with Gasteiger partial charge in [0.15, 0.2) is 0 Å². The van der Waals surface area contributed by atoms with Gasteiger partial charge in [-0.2, -0.15) is 0 Å². The summed E-state index contributed by atoms with van der Waals surface area (Å²) in [6.07, 6.45) is 0.785. The number of fused-ring (bicyclic) bond motifs is 5. The number of methoxy groups -OCH3 is 1. The fraction of sp³-hybridized carbons (Fsp3) is 0.528. The number of aryl methyl sites for hydroxylation is 1. The lowest BCUT2D eigenvalue weighted by Crippen LogP contribution is -2.52. The number of carbonyl (C=O) groups is 3. The van der Waals surface area contributed by atoms with Crippen molar-refractivity contribution in [1.82, 2.24) is 20.4 Å². The highest BCUT2D eigenvalue weighted by Crippen LogP contribution is 2.38. The molecule has 258 valence electrons. The standard InChI is InChI=1S/C22H20N2O3.C10H20N2O4.2C2H6/c1-3-12-14-7-5-6-8-18(14)23-20-16(12)10-24-19(20)9-15-13(4-2)22(26)27-11-17(15)21(24)25;1-9(2,3)16-8(14)12-11-7(13)10(4,5)15-6;2*1-2/h5-9,13H,3-4,10-11H2,1-2H3;1-6H3,(H,11,13)(H,12,14);2*1-2H3. The first-order chi connectivity index (χ1) is 22.2. The van der Waals surface area contributed by atoms with Gasteiger partial charge >= 0.3 is 12.1 Å². The van der Waals surface area contributed by atoms with Gasteiger partial charge in [-0.15, -0.1) is 0 Å². The van der Waals surface area contributed by atoms with Crippen LogP contribution < -0.4 is 16.4 Å². The largest absolute Gasteiger partial charge is 0.460 e. The number of nitrogens with one attached hydrogen (secondary N) is 2. The van der Waals surface area contributed by atoms with Gasteiger partial charge in [0.25, 0.3) is 11.5 Å². The van der Waals surface area contributed by atoms with Crippen LogP contribution >= 0.6 is 0 Å². The van der Waals surface area contributed by atoms with Crippen LogP contribution in [0.5, 0.6) is 0 Å². The second-order valence-corrected chi connectivity index (χ2v) is 12.0. The fourth-order valence-corrected chi connectivity index (χ4v) is 5.19. The molecule has 3 aromatic rings. The molecule has 4 heterocycles. The van der Waals surface area contributed by atoms with E-state index in [0.29, 0.717) is 18.5 Å². The van der Waals surface area contributed by atoms with Gasteiger partial charge in [-0.1, -0.05) is 59.7 Å². The number of hydrogen-bond donors (Lipinski definition) is 2. The van der Waals surface area contributed by atoms with E-state index >= 15 is 0 Å². The molecule has 2 amide bonds. The third-order valence-corrected chi connectivity index (χ3v) is 7.62. The first-order valence-electron chi connectivity index (χ1n) is 16.4. The van der Waals surface area contributed by atoms with Crippen LogP contribution in [0.15, 0.2) is 35.1 Å². The SMILES string of the molecule is CC.CC.CCc1c2c(nc3ccccc13)-c1cc3c(c(=O)n1C2)COC(=O)C3CC.COC(C)(C)C(=O)NNC(=O)OC(C)(C)C. The summed E-state index contributed by atoms with van der Waals surface area (Å²) in [5.41, 5.74) is 9.11. The van der Waals surface area contributed by atoms with Crippen LogP contribution in [0.4, 0.5) is 4.79 Å². The number of pyridine rings is 2. The summed E-state index contributed by atoms with van der Waals surface area (Å²) in [4.78, 5) is 52.9. The molecule has 0 bridgehead atoms. The van der Waals surface area contributed by atoms with Crippen molar-refractivity contribution in [1.29, 1.82) is 0 Å². The Morgan fingerprint density at radius 2 is 1.64 bits per heavy atom. The van der Waals surface area contributed by atoms with E-state index in [0.717, 1.165) is 39.8 Å². The van der Waals surface area contributed by atoms with Crippen LogP contribution in [0.1, 0.15) is 111 Å². The Balaban J connectivity index is 0.000000333. The van der Waals surface area contributed by atoms with Crippen LogP contribution in [0.3, 0.4) is 0 Å². The number of amides is 2. The van der Waals surface area contributed by atoms with Crippen LogP contribution in [-0.2, 0) is 43.4 Å². The highest BCUT2D eigenvalue weighted by atomic mass is 16.6. The molecule has 2 N–H and O–H groups in total. The molecule has 0 spiro atoms. The Morgan fingerprint density at radius 3 is 2.21 bits per heavy atom. The maximum atomic E-state index is 13.2. The molecule has 11 nitrogen and oxygen atoms in total. The molecule has 0 saturated carbocycles. The number of benzene rings is 1. The van der Waals surface area contributed by atoms with Crippen molar-refractivity contribution in [2.24, 2.45) is 0 Å². The highest BCUT2D eigenvalue weighted by molar-refractivity contribution is 5.88. The van der Waals surface area contributed by atoms with Crippen molar-refractivity contribution in [3.63, 3.8) is 0 Å². The molecular weight excluding hydrogens is 600 g/mol. The molecule has 1 atom stereocenters. The molecule has 2 aromatic heterocycles. The predicted molar refractivity (Wildman–Crippen MR) is 184 cm³/mol. The van der Waals surface area contributed by atoms with Crippen molar-refractivity contribution in [3.8, 4) is 11.4 Å². The lowest BCUT2D eigenvalue weighted by atomic mass is 9.90. The minimum Gasteiger partial charge on any atom is -0.460 e. The number of nitrogens with zero attached hydrogens (tertiary/aromatic N) is 2. The Morgan fingerprint density at radius 1 is 1.00 bits per heavy atom. The normalized spacial score (nSPS) is 14.3. The Hall–Kier alpha value is -4.25. The molecule has 0 fully saturated rings. The fourth-order valence-electron chi connectivity index (χ4n) is 5.19. The third kappa shape index (κ3) is 8.77. The molecule has 1 unspecified atom stereocenters. The molecule has 0 saturated heterocycles. The molecule has 1 aromatic carbocycles. The van der Waals surface area contributed by atoms with Crippen molar-refractivity contribution >= 4 is 28.9 Å². The van der Waals surface area contributed by atoms with Crippen molar-refractivity contribution < 1.29 is 28.6 Å². The lowest BCUT2D eigenvalue weighted by molar-refractivity contribution is -0.148. The van der Waals surface area contributed by atoms with Gasteiger partial charge in [-0.3, -0.25) is 19.8 Å². The molecule has 0 radical (unpaired) electrons. The number of carbonyl (C=O) groups excluding carboxylic acids is 3. The van der Waals surface area contributed by atoms with E-state index in [-0.39, 0.29) is 24.1 Å². The predicted octanol–water partition coefficient (Wildman–Crippen LogP) is 6.56. The minimum absolute atomic E-state index is 0.0578. The highest BCUT2D eigenvalue weighted by Gasteiger charge is 2.34. The monoisotopic (exact) mass is 652 g/mol. The zero-order valence-electron chi connectivity index (χ0n) is 30.0. The van der Waals surface area contributed by atoms with Crippen LogP contribution in [0.25, 0.3) is 22.3 Å². The number of aromatic nitrogens is 2. The zero-order valence-corrected chi connectivity index (χ0v) is 30.0.